The Labute approximate surface area is 166 Å². The SMILES string of the molecule is CC(C)Oc1ccc(Nc2cnnc(Nc3ccc(C(C)(C)C)cc3)n2)cc1. The molecule has 28 heavy (non-hydrogen) atoms. The number of anilines is 4. The molecule has 1 heterocycles. The van der Waals surface area contributed by atoms with Gasteiger partial charge in [0.25, 0.3) is 0 Å². The van der Waals surface area contributed by atoms with E-state index in [9.17, 15) is 0 Å². The predicted octanol–water partition coefficient (Wildman–Crippen LogP) is 5.44. The maximum absolute atomic E-state index is 5.66. The van der Waals surface area contributed by atoms with E-state index < -0.39 is 0 Å². The third kappa shape index (κ3) is 5.42. The van der Waals surface area contributed by atoms with E-state index in [2.05, 4.69) is 58.7 Å². The van der Waals surface area contributed by atoms with Gasteiger partial charge in [0, 0.05) is 11.4 Å². The molecule has 0 aliphatic heterocycles. The number of nitrogens with one attached hydrogen (secondary N) is 2. The second-order valence-electron chi connectivity index (χ2n) is 7.93. The van der Waals surface area contributed by atoms with Gasteiger partial charge in [-0.3, -0.25) is 0 Å². The molecular weight excluding hydrogens is 350 g/mol. The van der Waals surface area contributed by atoms with Crippen LogP contribution in [0.15, 0.2) is 54.7 Å². The Balaban J connectivity index is 1.67. The first-order valence-electron chi connectivity index (χ1n) is 9.40. The molecular formula is C22H27N5O. The maximum Gasteiger partial charge on any atom is 0.249 e. The Morgan fingerprint density at radius 2 is 1.46 bits per heavy atom. The molecule has 6 heteroatoms. The summed E-state index contributed by atoms with van der Waals surface area (Å²) >= 11 is 0. The highest BCUT2D eigenvalue weighted by Crippen LogP contribution is 2.25. The van der Waals surface area contributed by atoms with Crippen molar-refractivity contribution in [2.45, 2.75) is 46.1 Å². The minimum Gasteiger partial charge on any atom is -0.491 e. The highest BCUT2D eigenvalue weighted by atomic mass is 16.5. The van der Waals surface area contributed by atoms with Gasteiger partial charge in [-0.15, -0.1) is 5.10 Å². The van der Waals surface area contributed by atoms with Gasteiger partial charge in [0.1, 0.15) is 5.75 Å². The van der Waals surface area contributed by atoms with E-state index in [-0.39, 0.29) is 11.5 Å². The molecule has 0 amide bonds. The highest BCUT2D eigenvalue weighted by Gasteiger charge is 2.13. The summed E-state index contributed by atoms with van der Waals surface area (Å²) in [6, 6.07) is 16.0. The summed E-state index contributed by atoms with van der Waals surface area (Å²) in [5.74, 6) is 1.89. The monoisotopic (exact) mass is 377 g/mol. The van der Waals surface area contributed by atoms with Gasteiger partial charge in [-0.05, 0) is 61.2 Å². The average molecular weight is 377 g/mol. The van der Waals surface area contributed by atoms with E-state index in [0.717, 1.165) is 17.1 Å². The molecule has 0 spiro atoms. The first-order chi connectivity index (χ1) is 13.3. The van der Waals surface area contributed by atoms with Gasteiger partial charge in [0.05, 0.1) is 12.3 Å². The van der Waals surface area contributed by atoms with Crippen LogP contribution in [0.3, 0.4) is 0 Å². The van der Waals surface area contributed by atoms with E-state index in [0.29, 0.717) is 11.8 Å². The first-order valence-corrected chi connectivity index (χ1v) is 9.40. The molecule has 0 aliphatic rings. The van der Waals surface area contributed by atoms with Crippen molar-refractivity contribution in [3.05, 3.63) is 60.3 Å². The standard InChI is InChI=1S/C22H27N5O/c1-15(2)28-19-12-10-17(11-13-19)24-20-14-23-27-21(26-20)25-18-8-6-16(7-9-18)22(3,4)5/h6-15H,1-5H3,(H2,24,25,26,27). The van der Waals surface area contributed by atoms with Gasteiger partial charge in [0.15, 0.2) is 5.82 Å². The van der Waals surface area contributed by atoms with Gasteiger partial charge >= 0.3 is 0 Å². The van der Waals surface area contributed by atoms with Gasteiger partial charge < -0.3 is 15.4 Å². The Morgan fingerprint density at radius 3 is 2.07 bits per heavy atom. The molecule has 0 bridgehead atoms. The van der Waals surface area contributed by atoms with Crippen molar-refractivity contribution in [1.82, 2.24) is 15.2 Å². The summed E-state index contributed by atoms with van der Waals surface area (Å²) in [6.45, 7) is 10.6. The third-order valence-corrected chi connectivity index (χ3v) is 4.06. The van der Waals surface area contributed by atoms with Gasteiger partial charge in [-0.2, -0.15) is 10.1 Å². The Hall–Kier alpha value is -3.15. The number of benzene rings is 2. The molecule has 3 rings (SSSR count). The predicted molar refractivity (Wildman–Crippen MR) is 114 cm³/mol. The number of rotatable bonds is 6. The zero-order valence-corrected chi connectivity index (χ0v) is 17.0. The molecule has 146 valence electrons. The zero-order valence-electron chi connectivity index (χ0n) is 17.0. The van der Waals surface area contributed by atoms with Crippen LogP contribution in [0.25, 0.3) is 0 Å². The molecule has 2 aromatic carbocycles. The number of nitrogens with zero attached hydrogens (tertiary/aromatic N) is 3. The van der Waals surface area contributed by atoms with Crippen LogP contribution < -0.4 is 15.4 Å². The normalized spacial score (nSPS) is 11.4. The smallest absolute Gasteiger partial charge is 0.249 e. The van der Waals surface area contributed by atoms with Crippen LogP contribution in [-0.2, 0) is 5.41 Å². The summed E-state index contributed by atoms with van der Waals surface area (Å²) in [6.07, 6.45) is 1.74. The molecule has 6 nitrogen and oxygen atoms in total. The molecule has 3 aromatic rings. The van der Waals surface area contributed by atoms with E-state index in [1.807, 2.05) is 50.2 Å². The van der Waals surface area contributed by atoms with Gasteiger partial charge in [-0.25, -0.2) is 0 Å². The molecule has 0 fully saturated rings. The van der Waals surface area contributed by atoms with Crippen LogP contribution in [0.5, 0.6) is 5.75 Å². The molecule has 0 unspecified atom stereocenters. The Bertz CT molecular complexity index is 899. The lowest BCUT2D eigenvalue weighted by atomic mass is 9.87. The van der Waals surface area contributed by atoms with Crippen molar-refractivity contribution < 1.29 is 4.74 Å². The van der Waals surface area contributed by atoms with Crippen LogP contribution in [0.4, 0.5) is 23.1 Å². The summed E-state index contributed by atoms with van der Waals surface area (Å²) in [5.41, 5.74) is 3.22. The number of hydrogen-bond donors (Lipinski definition) is 2. The fraction of sp³-hybridized carbons (Fsp3) is 0.318. The molecule has 2 N–H and O–H groups in total. The lowest BCUT2D eigenvalue weighted by Crippen LogP contribution is -2.10. The fourth-order valence-corrected chi connectivity index (χ4v) is 2.64. The molecule has 0 aliphatic carbocycles. The second kappa shape index (κ2) is 8.25. The number of ether oxygens (including phenoxy) is 1. The minimum atomic E-state index is 0.121. The zero-order chi connectivity index (χ0) is 20.1. The quantitative estimate of drug-likeness (QED) is 0.596. The summed E-state index contributed by atoms with van der Waals surface area (Å²) in [4.78, 5) is 4.48. The van der Waals surface area contributed by atoms with Crippen LogP contribution in [-0.4, -0.2) is 21.3 Å². The van der Waals surface area contributed by atoms with Gasteiger partial charge in [-0.1, -0.05) is 32.9 Å². The van der Waals surface area contributed by atoms with Crippen molar-refractivity contribution in [1.29, 1.82) is 0 Å². The number of aromatic nitrogens is 3. The van der Waals surface area contributed by atoms with Crippen molar-refractivity contribution in [2.24, 2.45) is 0 Å². The topological polar surface area (TPSA) is 72.0 Å². The Morgan fingerprint density at radius 1 is 0.857 bits per heavy atom. The number of hydrogen-bond acceptors (Lipinski definition) is 6. The van der Waals surface area contributed by atoms with Crippen molar-refractivity contribution in [2.75, 3.05) is 10.6 Å². The molecule has 0 radical (unpaired) electrons. The highest BCUT2D eigenvalue weighted by molar-refractivity contribution is 5.59. The molecule has 0 atom stereocenters. The van der Waals surface area contributed by atoms with Crippen molar-refractivity contribution in [3.8, 4) is 5.75 Å². The van der Waals surface area contributed by atoms with Crippen LogP contribution in [0.2, 0.25) is 0 Å². The minimum absolute atomic E-state index is 0.121. The largest absolute Gasteiger partial charge is 0.491 e. The summed E-state index contributed by atoms with van der Waals surface area (Å²) < 4.78 is 5.66. The second-order valence-corrected chi connectivity index (χ2v) is 7.93. The van der Waals surface area contributed by atoms with E-state index in [1.54, 1.807) is 6.20 Å². The maximum atomic E-state index is 5.66. The van der Waals surface area contributed by atoms with Crippen LogP contribution in [0.1, 0.15) is 40.2 Å². The lowest BCUT2D eigenvalue weighted by molar-refractivity contribution is 0.242. The summed E-state index contributed by atoms with van der Waals surface area (Å²) in [7, 11) is 0. The van der Waals surface area contributed by atoms with Crippen molar-refractivity contribution >= 4 is 23.1 Å². The fourth-order valence-electron chi connectivity index (χ4n) is 2.64. The Kier molecular flexibility index (Phi) is 5.78. The van der Waals surface area contributed by atoms with E-state index in [1.165, 1.54) is 5.56 Å². The first kappa shape index (κ1) is 19.6. The molecule has 0 saturated carbocycles. The lowest BCUT2D eigenvalue weighted by Gasteiger charge is -2.19. The van der Waals surface area contributed by atoms with Crippen molar-refractivity contribution in [3.63, 3.8) is 0 Å². The van der Waals surface area contributed by atoms with E-state index in [4.69, 9.17) is 4.74 Å². The van der Waals surface area contributed by atoms with Crippen LogP contribution >= 0.6 is 0 Å². The average Bonchev–Trinajstić information content (AvgIpc) is 2.63. The van der Waals surface area contributed by atoms with E-state index >= 15 is 0 Å². The molecule has 1 aromatic heterocycles. The summed E-state index contributed by atoms with van der Waals surface area (Å²) in [5, 5.41) is 14.5. The van der Waals surface area contributed by atoms with Gasteiger partial charge in [0.2, 0.25) is 5.95 Å². The van der Waals surface area contributed by atoms with Crippen LogP contribution in [0, 0.1) is 0 Å². The third-order valence-electron chi connectivity index (χ3n) is 4.06. The molecule has 0 saturated heterocycles.